The molecule has 0 bridgehead atoms. The number of rotatable bonds is 2. The molecule has 1 aromatic rings. The van der Waals surface area contributed by atoms with Crippen LogP contribution < -0.4 is 5.01 Å². The maximum absolute atomic E-state index is 12.3. The molecule has 0 aliphatic carbocycles. The van der Waals surface area contributed by atoms with Crippen molar-refractivity contribution in [3.05, 3.63) is 23.9 Å². The molecule has 2 heterocycles. The first-order valence-corrected chi connectivity index (χ1v) is 5.34. The standard InChI is InChI=1S/C11H10F3N3O/c1-2-8-5-10(18)17(16-8)9-4-3-7(6-15-9)11(12,13)14/h3-4,6H,2,5H2,1H3. The lowest BCUT2D eigenvalue weighted by Crippen LogP contribution is -2.21. The average molecular weight is 257 g/mol. The molecule has 0 atom stereocenters. The summed E-state index contributed by atoms with van der Waals surface area (Å²) in [6.45, 7) is 1.86. The molecule has 4 nitrogen and oxygen atoms in total. The number of halogens is 3. The summed E-state index contributed by atoms with van der Waals surface area (Å²) in [5, 5.41) is 5.05. The molecule has 0 saturated heterocycles. The second-order valence-electron chi connectivity index (χ2n) is 3.80. The van der Waals surface area contributed by atoms with E-state index in [2.05, 4.69) is 10.1 Å². The molecule has 2 rings (SSSR count). The number of carbonyl (C=O) groups excluding carboxylic acids is 1. The smallest absolute Gasteiger partial charge is 0.272 e. The Balaban J connectivity index is 2.25. The summed E-state index contributed by atoms with van der Waals surface area (Å²) in [6.07, 6.45) is -2.91. The van der Waals surface area contributed by atoms with Gasteiger partial charge in [-0.1, -0.05) is 6.92 Å². The Labute approximate surface area is 101 Å². The predicted molar refractivity (Wildman–Crippen MR) is 59.1 cm³/mol. The molecule has 0 radical (unpaired) electrons. The topological polar surface area (TPSA) is 45.6 Å². The van der Waals surface area contributed by atoms with Gasteiger partial charge in [-0.2, -0.15) is 23.3 Å². The Morgan fingerprint density at radius 1 is 1.39 bits per heavy atom. The van der Waals surface area contributed by atoms with Crippen LogP contribution in [0.4, 0.5) is 19.0 Å². The number of aromatic nitrogens is 1. The highest BCUT2D eigenvalue weighted by molar-refractivity contribution is 6.12. The number of anilines is 1. The zero-order valence-electron chi connectivity index (χ0n) is 9.53. The van der Waals surface area contributed by atoms with Crippen LogP contribution in [0, 0.1) is 0 Å². The molecule has 0 unspecified atom stereocenters. The molecule has 0 spiro atoms. The van der Waals surface area contributed by atoms with Crippen molar-refractivity contribution in [2.75, 3.05) is 5.01 Å². The average Bonchev–Trinajstić information content (AvgIpc) is 2.70. The first-order chi connectivity index (χ1) is 8.41. The summed E-state index contributed by atoms with van der Waals surface area (Å²) in [7, 11) is 0. The van der Waals surface area contributed by atoms with Crippen molar-refractivity contribution in [3.8, 4) is 0 Å². The molecule has 1 amide bonds. The number of pyridine rings is 1. The van der Waals surface area contributed by atoms with E-state index >= 15 is 0 Å². The van der Waals surface area contributed by atoms with E-state index in [9.17, 15) is 18.0 Å². The van der Waals surface area contributed by atoms with Crippen LogP contribution in [0.5, 0.6) is 0 Å². The number of nitrogens with zero attached hydrogens (tertiary/aromatic N) is 3. The molecule has 96 valence electrons. The van der Waals surface area contributed by atoms with Crippen molar-refractivity contribution in [1.82, 2.24) is 4.98 Å². The highest BCUT2D eigenvalue weighted by atomic mass is 19.4. The Bertz CT molecular complexity index is 493. The summed E-state index contributed by atoms with van der Waals surface area (Å²) >= 11 is 0. The second-order valence-corrected chi connectivity index (χ2v) is 3.80. The lowest BCUT2D eigenvalue weighted by atomic mass is 10.2. The van der Waals surface area contributed by atoms with Gasteiger partial charge in [-0.05, 0) is 18.6 Å². The molecule has 0 N–H and O–H groups in total. The number of carbonyl (C=O) groups is 1. The highest BCUT2D eigenvalue weighted by Gasteiger charge is 2.31. The quantitative estimate of drug-likeness (QED) is 0.817. The minimum absolute atomic E-state index is 0.108. The third-order valence-electron chi connectivity index (χ3n) is 2.53. The van der Waals surface area contributed by atoms with Crippen molar-refractivity contribution in [2.45, 2.75) is 25.9 Å². The molecule has 0 saturated carbocycles. The fourth-order valence-corrected chi connectivity index (χ4v) is 1.54. The zero-order valence-corrected chi connectivity index (χ0v) is 9.53. The van der Waals surface area contributed by atoms with Crippen LogP contribution in [-0.2, 0) is 11.0 Å². The lowest BCUT2D eigenvalue weighted by molar-refractivity contribution is -0.137. The number of hydrogen-bond donors (Lipinski definition) is 0. The van der Waals surface area contributed by atoms with Gasteiger partial charge >= 0.3 is 6.18 Å². The summed E-state index contributed by atoms with van der Waals surface area (Å²) in [5.41, 5.74) is -0.153. The molecule has 1 aliphatic rings. The van der Waals surface area contributed by atoms with Gasteiger partial charge in [-0.25, -0.2) is 4.98 Å². The van der Waals surface area contributed by atoms with Gasteiger partial charge in [0.25, 0.3) is 5.91 Å². The van der Waals surface area contributed by atoms with Crippen LogP contribution in [0.3, 0.4) is 0 Å². The molecular formula is C11H10F3N3O. The molecular weight excluding hydrogens is 247 g/mol. The van der Waals surface area contributed by atoms with Crippen LogP contribution in [0.25, 0.3) is 0 Å². The first kappa shape index (κ1) is 12.5. The van der Waals surface area contributed by atoms with Crippen molar-refractivity contribution in [3.63, 3.8) is 0 Å². The first-order valence-electron chi connectivity index (χ1n) is 5.34. The largest absolute Gasteiger partial charge is 0.417 e. The Morgan fingerprint density at radius 2 is 2.11 bits per heavy atom. The fraction of sp³-hybridized carbons (Fsp3) is 0.364. The van der Waals surface area contributed by atoms with Gasteiger partial charge in [0.05, 0.1) is 12.0 Å². The Kier molecular flexibility index (Phi) is 3.06. The number of alkyl halides is 3. The fourth-order valence-electron chi connectivity index (χ4n) is 1.54. The second kappa shape index (κ2) is 4.40. The minimum Gasteiger partial charge on any atom is -0.272 e. The maximum Gasteiger partial charge on any atom is 0.417 e. The van der Waals surface area contributed by atoms with Crippen molar-refractivity contribution >= 4 is 17.4 Å². The van der Waals surface area contributed by atoms with Crippen LogP contribution >= 0.6 is 0 Å². The predicted octanol–water partition coefficient (Wildman–Crippen LogP) is 2.60. The van der Waals surface area contributed by atoms with Gasteiger partial charge in [-0.15, -0.1) is 0 Å². The highest BCUT2D eigenvalue weighted by Crippen LogP contribution is 2.30. The van der Waals surface area contributed by atoms with Gasteiger partial charge in [0.2, 0.25) is 0 Å². The van der Waals surface area contributed by atoms with E-state index in [1.807, 2.05) is 6.92 Å². The van der Waals surface area contributed by atoms with Gasteiger partial charge in [0.15, 0.2) is 5.82 Å². The normalized spacial score (nSPS) is 16.1. The monoisotopic (exact) mass is 257 g/mol. The van der Waals surface area contributed by atoms with Crippen molar-refractivity contribution in [1.29, 1.82) is 0 Å². The summed E-state index contributed by atoms with van der Waals surface area (Å²) in [4.78, 5) is 15.2. The maximum atomic E-state index is 12.3. The zero-order chi connectivity index (χ0) is 13.3. The molecule has 0 aromatic carbocycles. The number of hydrogen-bond acceptors (Lipinski definition) is 3. The van der Waals surface area contributed by atoms with Crippen LogP contribution in [-0.4, -0.2) is 16.6 Å². The molecule has 1 aliphatic heterocycles. The van der Waals surface area contributed by atoms with Crippen molar-refractivity contribution < 1.29 is 18.0 Å². The molecule has 1 aromatic heterocycles. The summed E-state index contributed by atoms with van der Waals surface area (Å²) < 4.78 is 37.0. The van der Waals surface area contributed by atoms with Crippen LogP contribution in [0.15, 0.2) is 23.4 Å². The van der Waals surface area contributed by atoms with Gasteiger partial charge in [-0.3, -0.25) is 4.79 Å². The van der Waals surface area contributed by atoms with Crippen LogP contribution in [0.2, 0.25) is 0 Å². The van der Waals surface area contributed by atoms with Crippen molar-refractivity contribution in [2.24, 2.45) is 5.10 Å². The third kappa shape index (κ3) is 2.34. The Morgan fingerprint density at radius 3 is 2.56 bits per heavy atom. The van der Waals surface area contributed by atoms with E-state index in [0.717, 1.165) is 17.1 Å². The number of amides is 1. The van der Waals surface area contributed by atoms with E-state index in [1.165, 1.54) is 0 Å². The SMILES string of the molecule is CCC1=NN(c2ccc(C(F)(F)F)cn2)C(=O)C1. The van der Waals surface area contributed by atoms with E-state index < -0.39 is 11.7 Å². The number of hydrazone groups is 1. The lowest BCUT2D eigenvalue weighted by Gasteiger charge is -2.11. The van der Waals surface area contributed by atoms with Gasteiger partial charge < -0.3 is 0 Å². The van der Waals surface area contributed by atoms with Gasteiger partial charge in [0, 0.05) is 11.9 Å². The molecule has 18 heavy (non-hydrogen) atoms. The van der Waals surface area contributed by atoms with E-state index in [0.29, 0.717) is 18.3 Å². The van der Waals surface area contributed by atoms with Gasteiger partial charge in [0.1, 0.15) is 0 Å². The molecule has 0 fully saturated rings. The third-order valence-corrected chi connectivity index (χ3v) is 2.53. The van der Waals surface area contributed by atoms with E-state index in [4.69, 9.17) is 0 Å². The summed E-state index contributed by atoms with van der Waals surface area (Å²) in [6, 6.07) is 2.03. The van der Waals surface area contributed by atoms with E-state index in [-0.39, 0.29) is 18.1 Å². The van der Waals surface area contributed by atoms with E-state index in [1.54, 1.807) is 0 Å². The minimum atomic E-state index is -4.43. The summed E-state index contributed by atoms with van der Waals surface area (Å²) in [5.74, 6) is -0.171. The van der Waals surface area contributed by atoms with Crippen LogP contribution in [0.1, 0.15) is 25.3 Å². The Hall–Kier alpha value is -1.92. The molecule has 7 heteroatoms.